The number of amides is 2. The summed E-state index contributed by atoms with van der Waals surface area (Å²) in [5, 5.41) is 12.5. The van der Waals surface area contributed by atoms with E-state index in [-0.39, 0.29) is 49.6 Å². The van der Waals surface area contributed by atoms with E-state index in [0.717, 1.165) is 24.0 Å². The Labute approximate surface area is 199 Å². The molecule has 2 amide bonds. The summed E-state index contributed by atoms with van der Waals surface area (Å²) in [6.45, 7) is 8.53. The Morgan fingerprint density at radius 1 is 1.30 bits per heavy atom. The van der Waals surface area contributed by atoms with Crippen LogP contribution in [0.4, 0.5) is 13.6 Å². The lowest BCUT2D eigenvalue weighted by Crippen LogP contribution is -2.57. The van der Waals surface area contributed by atoms with Crippen LogP contribution >= 0.6 is 11.6 Å². The van der Waals surface area contributed by atoms with Gasteiger partial charge in [0.05, 0.1) is 5.54 Å². The van der Waals surface area contributed by atoms with Gasteiger partial charge < -0.3 is 15.3 Å². The first kappa shape index (κ1) is 25.5. The molecule has 33 heavy (non-hydrogen) atoms. The lowest BCUT2D eigenvalue weighted by molar-refractivity contribution is -0.137. The zero-order valence-electron chi connectivity index (χ0n) is 19.7. The van der Waals surface area contributed by atoms with E-state index in [2.05, 4.69) is 26.1 Å². The number of hydrogen-bond donors (Lipinski definition) is 2. The number of carbonyl (C=O) groups excluding carboxylic acids is 1. The summed E-state index contributed by atoms with van der Waals surface area (Å²) in [7, 11) is 0. The second kappa shape index (κ2) is 9.24. The van der Waals surface area contributed by atoms with E-state index in [0.29, 0.717) is 10.6 Å². The molecule has 1 aliphatic heterocycles. The number of nitrogens with one attached hydrogen (secondary N) is 1. The molecule has 8 heteroatoms. The van der Waals surface area contributed by atoms with Gasteiger partial charge in [-0.3, -0.25) is 4.79 Å². The number of aliphatic carboxylic acids is 1. The summed E-state index contributed by atoms with van der Waals surface area (Å²) < 4.78 is 27.5. The largest absolute Gasteiger partial charge is 0.481 e. The lowest BCUT2D eigenvalue weighted by atomic mass is 9.67. The van der Waals surface area contributed by atoms with Crippen molar-refractivity contribution in [1.82, 2.24) is 10.2 Å². The highest BCUT2D eigenvalue weighted by Crippen LogP contribution is 2.51. The van der Waals surface area contributed by atoms with Gasteiger partial charge >= 0.3 is 12.0 Å². The Bertz CT molecular complexity index is 949. The Morgan fingerprint density at radius 2 is 1.97 bits per heavy atom. The number of carboxylic acids is 1. The van der Waals surface area contributed by atoms with Crippen molar-refractivity contribution in [2.24, 2.45) is 11.3 Å². The predicted octanol–water partition coefficient (Wildman–Crippen LogP) is 6.35. The minimum Gasteiger partial charge on any atom is -0.481 e. The molecule has 1 aromatic carbocycles. The molecule has 0 unspecified atom stereocenters. The number of hydrogen-bond acceptors (Lipinski definition) is 2. The van der Waals surface area contributed by atoms with Crippen LogP contribution in [0.25, 0.3) is 0 Å². The standard InChI is InChI=1S/C25H33ClF2N2O3/c1-23(2,3)10-9-16-7-8-18(12-20(16)26)24(4)19(17-13-25(27,28)14-17)15-30(22(33)29-24)11-5-6-21(31)32/h7-8,12,15,17H,5-6,9-11,13-14H2,1-4H3,(H,29,33)(H,31,32)/t24-/m0/s1. The fourth-order valence-corrected chi connectivity index (χ4v) is 4.76. The maximum Gasteiger partial charge on any atom is 0.322 e. The highest BCUT2D eigenvalue weighted by atomic mass is 35.5. The topological polar surface area (TPSA) is 69.6 Å². The van der Waals surface area contributed by atoms with Crippen LogP contribution in [0.3, 0.4) is 0 Å². The van der Waals surface area contributed by atoms with Gasteiger partial charge in [0.1, 0.15) is 0 Å². The van der Waals surface area contributed by atoms with Crippen molar-refractivity contribution >= 4 is 23.6 Å². The van der Waals surface area contributed by atoms with E-state index in [1.165, 1.54) is 4.90 Å². The van der Waals surface area contributed by atoms with Crippen molar-refractivity contribution in [3.63, 3.8) is 0 Å². The molecule has 2 aliphatic rings. The average molecular weight is 483 g/mol. The van der Waals surface area contributed by atoms with E-state index >= 15 is 0 Å². The number of carboxylic acid groups (broad SMARTS) is 1. The van der Waals surface area contributed by atoms with Crippen molar-refractivity contribution in [2.75, 3.05) is 6.54 Å². The molecular weight excluding hydrogens is 450 g/mol. The molecule has 1 atom stereocenters. The van der Waals surface area contributed by atoms with Crippen LogP contribution in [0.2, 0.25) is 5.02 Å². The van der Waals surface area contributed by atoms with Gasteiger partial charge in [0.2, 0.25) is 5.92 Å². The molecule has 1 heterocycles. The Hall–Kier alpha value is -2.15. The minimum absolute atomic E-state index is 0.0721. The highest BCUT2D eigenvalue weighted by molar-refractivity contribution is 6.31. The van der Waals surface area contributed by atoms with Gasteiger partial charge in [-0.25, -0.2) is 13.6 Å². The quantitative estimate of drug-likeness (QED) is 0.453. The van der Waals surface area contributed by atoms with Gasteiger partial charge in [0, 0.05) is 37.0 Å². The number of urea groups is 1. The predicted molar refractivity (Wildman–Crippen MR) is 124 cm³/mol. The number of alkyl halides is 2. The van der Waals surface area contributed by atoms with Crippen LogP contribution in [0.15, 0.2) is 30.0 Å². The molecule has 5 nitrogen and oxygen atoms in total. The molecule has 0 spiro atoms. The van der Waals surface area contributed by atoms with E-state index in [1.54, 1.807) is 6.20 Å². The van der Waals surface area contributed by atoms with E-state index in [1.807, 2.05) is 25.1 Å². The molecule has 0 aromatic heterocycles. The molecule has 1 fully saturated rings. The third-order valence-electron chi connectivity index (χ3n) is 6.58. The maximum atomic E-state index is 13.7. The molecule has 0 bridgehead atoms. The summed E-state index contributed by atoms with van der Waals surface area (Å²) in [4.78, 5) is 25.1. The third kappa shape index (κ3) is 6.05. The normalized spacial score (nSPS) is 23.1. The van der Waals surface area contributed by atoms with Gasteiger partial charge in [-0.05, 0) is 60.3 Å². The zero-order valence-corrected chi connectivity index (χ0v) is 20.4. The molecule has 0 saturated heterocycles. The van der Waals surface area contributed by atoms with Gasteiger partial charge in [-0.15, -0.1) is 0 Å². The molecular formula is C25H33ClF2N2O3. The van der Waals surface area contributed by atoms with Crippen LogP contribution < -0.4 is 5.32 Å². The van der Waals surface area contributed by atoms with Crippen molar-refractivity contribution < 1.29 is 23.5 Å². The van der Waals surface area contributed by atoms with Crippen molar-refractivity contribution in [3.8, 4) is 0 Å². The number of benzene rings is 1. The Kier molecular flexibility index (Phi) is 7.13. The summed E-state index contributed by atoms with van der Waals surface area (Å²) in [5.41, 5.74) is 1.64. The fourth-order valence-electron chi connectivity index (χ4n) is 4.48. The number of halogens is 3. The Morgan fingerprint density at radius 3 is 2.52 bits per heavy atom. The van der Waals surface area contributed by atoms with Gasteiger partial charge in [-0.2, -0.15) is 0 Å². The molecule has 2 N–H and O–H groups in total. The molecule has 0 radical (unpaired) electrons. The summed E-state index contributed by atoms with van der Waals surface area (Å²) in [5.74, 6) is -4.04. The third-order valence-corrected chi connectivity index (χ3v) is 6.94. The van der Waals surface area contributed by atoms with E-state index in [4.69, 9.17) is 16.7 Å². The zero-order chi connectivity index (χ0) is 24.6. The van der Waals surface area contributed by atoms with Crippen LogP contribution in [0, 0.1) is 11.3 Å². The molecule has 1 aliphatic carbocycles. The summed E-state index contributed by atoms with van der Waals surface area (Å²) in [6.07, 6.45) is 3.08. The van der Waals surface area contributed by atoms with Crippen molar-refractivity contribution in [1.29, 1.82) is 0 Å². The molecule has 1 saturated carbocycles. The van der Waals surface area contributed by atoms with Gasteiger partial charge in [0.15, 0.2) is 0 Å². The van der Waals surface area contributed by atoms with E-state index in [9.17, 15) is 18.4 Å². The monoisotopic (exact) mass is 482 g/mol. The number of nitrogens with zero attached hydrogens (tertiary/aromatic N) is 1. The first-order chi connectivity index (χ1) is 15.2. The molecule has 182 valence electrons. The summed E-state index contributed by atoms with van der Waals surface area (Å²) >= 11 is 6.60. The minimum atomic E-state index is -2.71. The average Bonchev–Trinajstić information content (AvgIpc) is 2.66. The first-order valence-electron chi connectivity index (χ1n) is 11.4. The second-order valence-corrected chi connectivity index (χ2v) is 11.1. The maximum absolute atomic E-state index is 13.7. The number of aryl methyl sites for hydroxylation is 1. The lowest BCUT2D eigenvalue weighted by Gasteiger charge is -2.47. The smallest absolute Gasteiger partial charge is 0.322 e. The van der Waals surface area contributed by atoms with Gasteiger partial charge in [-0.1, -0.05) is 44.5 Å². The van der Waals surface area contributed by atoms with Crippen molar-refractivity contribution in [3.05, 3.63) is 46.1 Å². The molecule has 3 rings (SSSR count). The SMILES string of the molecule is CC(C)(C)CCc1ccc([C@]2(C)NC(=O)N(CCCC(=O)O)C=C2C2CC(F)(F)C2)cc1Cl. The van der Waals surface area contributed by atoms with Crippen LogP contribution in [0.5, 0.6) is 0 Å². The second-order valence-electron chi connectivity index (χ2n) is 10.7. The van der Waals surface area contributed by atoms with Crippen molar-refractivity contribution in [2.45, 2.75) is 77.7 Å². The Balaban J connectivity index is 1.90. The van der Waals surface area contributed by atoms with Crippen LogP contribution in [0.1, 0.15) is 70.9 Å². The number of carbonyl (C=O) groups is 2. The first-order valence-corrected chi connectivity index (χ1v) is 11.8. The summed E-state index contributed by atoms with van der Waals surface area (Å²) in [6, 6.07) is 5.30. The number of rotatable bonds is 8. The van der Waals surface area contributed by atoms with E-state index < -0.39 is 17.4 Å². The van der Waals surface area contributed by atoms with Gasteiger partial charge in [0.25, 0.3) is 0 Å². The van der Waals surface area contributed by atoms with Crippen LogP contribution in [-0.2, 0) is 16.8 Å². The van der Waals surface area contributed by atoms with Crippen LogP contribution in [-0.4, -0.2) is 34.5 Å². The molecule has 1 aromatic rings. The fraction of sp³-hybridized carbons (Fsp3) is 0.600. The highest BCUT2D eigenvalue weighted by Gasteiger charge is 2.52.